The van der Waals surface area contributed by atoms with Crippen LogP contribution in [0.2, 0.25) is 0 Å². The Morgan fingerprint density at radius 1 is 0.971 bits per heavy atom. The van der Waals surface area contributed by atoms with E-state index in [0.29, 0.717) is 12.2 Å². The molecule has 0 aliphatic rings. The molecule has 2 rings (SSSR count). The Hall–Kier alpha value is -2.19. The van der Waals surface area contributed by atoms with Crippen LogP contribution in [0.3, 0.4) is 0 Å². The molecule has 0 fully saturated rings. The summed E-state index contributed by atoms with van der Waals surface area (Å²) in [5.41, 5.74) is 1.29. The molecule has 0 aliphatic heterocycles. The average molecular weight is 491 g/mol. The lowest BCUT2D eigenvalue weighted by atomic mass is 9.87. The standard InChI is InChI=1S/C26H42N4O3S/c1-11-16-29(34(32,33)20-14-12-19(13-15-20)24(2,3)4)18-23(31)27-22-17-21(25(5,6)7)28-30(22)26(8,9)10/h12-15,17H,11,16,18H2,1-10H3,(H,27,31). The van der Waals surface area contributed by atoms with E-state index in [1.807, 2.05) is 45.9 Å². The smallest absolute Gasteiger partial charge is 0.243 e. The molecule has 34 heavy (non-hydrogen) atoms. The second-order valence-corrected chi connectivity index (χ2v) is 13.8. The van der Waals surface area contributed by atoms with Gasteiger partial charge in [-0.25, -0.2) is 13.1 Å². The minimum absolute atomic E-state index is 0.0762. The first-order valence-corrected chi connectivity index (χ1v) is 13.3. The molecule has 1 amide bonds. The van der Waals surface area contributed by atoms with Gasteiger partial charge in [-0.15, -0.1) is 0 Å². The molecule has 0 saturated carbocycles. The molecule has 0 spiro atoms. The Balaban J connectivity index is 2.31. The molecule has 190 valence electrons. The number of anilines is 1. The zero-order valence-corrected chi connectivity index (χ0v) is 23.3. The molecule has 1 aromatic heterocycles. The van der Waals surface area contributed by atoms with E-state index in [1.54, 1.807) is 16.8 Å². The number of carbonyl (C=O) groups is 1. The molecule has 1 heterocycles. The summed E-state index contributed by atoms with van der Waals surface area (Å²) in [5, 5.41) is 7.62. The quantitative estimate of drug-likeness (QED) is 0.573. The fourth-order valence-electron chi connectivity index (χ4n) is 3.50. The van der Waals surface area contributed by atoms with Gasteiger partial charge in [-0.1, -0.05) is 60.6 Å². The number of carbonyl (C=O) groups excluding carboxylic acids is 1. The summed E-state index contributed by atoms with van der Waals surface area (Å²) in [7, 11) is -3.82. The molecule has 1 aromatic carbocycles. The van der Waals surface area contributed by atoms with Gasteiger partial charge in [0.1, 0.15) is 5.82 Å². The Labute approximate surface area is 206 Å². The highest BCUT2D eigenvalue weighted by atomic mass is 32.2. The first-order valence-electron chi connectivity index (χ1n) is 11.9. The third-order valence-corrected chi connectivity index (χ3v) is 7.39. The first kappa shape index (κ1) is 28.1. The van der Waals surface area contributed by atoms with E-state index in [9.17, 15) is 13.2 Å². The predicted octanol–water partition coefficient (Wildman–Crippen LogP) is 5.27. The maximum atomic E-state index is 13.4. The summed E-state index contributed by atoms with van der Waals surface area (Å²) in [4.78, 5) is 13.2. The molecule has 1 N–H and O–H groups in total. The third kappa shape index (κ3) is 6.69. The van der Waals surface area contributed by atoms with Crippen LogP contribution in [0.5, 0.6) is 0 Å². The van der Waals surface area contributed by atoms with Crippen LogP contribution in [-0.4, -0.2) is 41.5 Å². The van der Waals surface area contributed by atoms with Crippen molar-refractivity contribution in [2.45, 2.75) is 96.9 Å². The van der Waals surface area contributed by atoms with Crippen LogP contribution in [0.15, 0.2) is 35.2 Å². The van der Waals surface area contributed by atoms with Crippen LogP contribution in [0.4, 0.5) is 5.82 Å². The number of sulfonamides is 1. The molecule has 8 heteroatoms. The van der Waals surface area contributed by atoms with E-state index in [4.69, 9.17) is 5.10 Å². The van der Waals surface area contributed by atoms with E-state index in [-0.39, 0.29) is 34.4 Å². The van der Waals surface area contributed by atoms with E-state index in [2.05, 4.69) is 46.9 Å². The second kappa shape index (κ2) is 9.82. The van der Waals surface area contributed by atoms with Crippen molar-refractivity contribution in [3.63, 3.8) is 0 Å². The third-order valence-electron chi connectivity index (χ3n) is 5.53. The monoisotopic (exact) mass is 490 g/mol. The maximum Gasteiger partial charge on any atom is 0.243 e. The second-order valence-electron chi connectivity index (χ2n) is 11.9. The van der Waals surface area contributed by atoms with Crippen molar-refractivity contribution in [1.82, 2.24) is 14.1 Å². The Kier molecular flexibility index (Phi) is 8.10. The number of hydrogen-bond donors (Lipinski definition) is 1. The average Bonchev–Trinajstić information content (AvgIpc) is 3.11. The van der Waals surface area contributed by atoms with Crippen molar-refractivity contribution in [2.75, 3.05) is 18.4 Å². The molecule has 2 aromatic rings. The number of hydrogen-bond acceptors (Lipinski definition) is 4. The predicted molar refractivity (Wildman–Crippen MR) is 139 cm³/mol. The number of benzene rings is 1. The summed E-state index contributed by atoms with van der Waals surface area (Å²) < 4.78 is 29.8. The van der Waals surface area contributed by atoms with Crippen molar-refractivity contribution in [2.24, 2.45) is 0 Å². The van der Waals surface area contributed by atoms with E-state index >= 15 is 0 Å². The Morgan fingerprint density at radius 3 is 1.97 bits per heavy atom. The van der Waals surface area contributed by atoms with Crippen LogP contribution < -0.4 is 5.32 Å². The summed E-state index contributed by atoms with van der Waals surface area (Å²) >= 11 is 0. The van der Waals surface area contributed by atoms with Gasteiger partial charge in [0.2, 0.25) is 15.9 Å². The zero-order valence-electron chi connectivity index (χ0n) is 22.5. The minimum atomic E-state index is -3.82. The van der Waals surface area contributed by atoms with Gasteiger partial charge in [0, 0.05) is 18.0 Å². The number of nitrogens with one attached hydrogen (secondary N) is 1. The topological polar surface area (TPSA) is 84.3 Å². The molecule has 0 radical (unpaired) electrons. The lowest BCUT2D eigenvalue weighted by molar-refractivity contribution is -0.116. The van der Waals surface area contributed by atoms with Crippen LogP contribution in [0, 0.1) is 0 Å². The summed E-state index contributed by atoms with van der Waals surface area (Å²) in [6.07, 6.45) is 0.598. The molecule has 0 bridgehead atoms. The van der Waals surface area contributed by atoms with Gasteiger partial charge >= 0.3 is 0 Å². The SMILES string of the molecule is CCCN(CC(=O)Nc1cc(C(C)(C)C)nn1C(C)(C)C)S(=O)(=O)c1ccc(C(C)(C)C)cc1. The van der Waals surface area contributed by atoms with Gasteiger partial charge in [0.05, 0.1) is 22.7 Å². The Bertz CT molecular complexity index is 1100. The number of nitrogens with zero attached hydrogens (tertiary/aromatic N) is 3. The van der Waals surface area contributed by atoms with Crippen molar-refractivity contribution < 1.29 is 13.2 Å². The van der Waals surface area contributed by atoms with Crippen LogP contribution >= 0.6 is 0 Å². The summed E-state index contributed by atoms with van der Waals surface area (Å²) in [6.45, 7) is 20.4. The van der Waals surface area contributed by atoms with Gasteiger partial charge in [-0.2, -0.15) is 9.40 Å². The largest absolute Gasteiger partial charge is 0.310 e. The van der Waals surface area contributed by atoms with Crippen molar-refractivity contribution in [3.8, 4) is 0 Å². The van der Waals surface area contributed by atoms with Gasteiger partial charge in [-0.05, 0) is 50.3 Å². The Morgan fingerprint density at radius 2 is 1.53 bits per heavy atom. The van der Waals surface area contributed by atoms with E-state index in [0.717, 1.165) is 11.3 Å². The van der Waals surface area contributed by atoms with Gasteiger partial charge in [0.15, 0.2) is 0 Å². The summed E-state index contributed by atoms with van der Waals surface area (Å²) in [6, 6.07) is 8.80. The van der Waals surface area contributed by atoms with Crippen LogP contribution in [0.1, 0.15) is 86.9 Å². The fraction of sp³-hybridized carbons (Fsp3) is 0.615. The maximum absolute atomic E-state index is 13.4. The molecule has 0 aliphatic carbocycles. The lowest BCUT2D eigenvalue weighted by Gasteiger charge is -2.24. The number of amides is 1. The molecule has 0 atom stereocenters. The lowest BCUT2D eigenvalue weighted by Crippen LogP contribution is -2.39. The van der Waals surface area contributed by atoms with E-state index in [1.165, 1.54) is 4.31 Å². The van der Waals surface area contributed by atoms with Crippen LogP contribution in [0.25, 0.3) is 0 Å². The first-order chi connectivity index (χ1) is 15.4. The zero-order chi connectivity index (χ0) is 26.1. The highest BCUT2D eigenvalue weighted by molar-refractivity contribution is 7.89. The van der Waals surface area contributed by atoms with Gasteiger partial charge in [-0.3, -0.25) is 4.79 Å². The number of aromatic nitrogens is 2. The fourth-order valence-corrected chi connectivity index (χ4v) is 4.99. The highest BCUT2D eigenvalue weighted by Gasteiger charge is 2.29. The van der Waals surface area contributed by atoms with Gasteiger partial charge < -0.3 is 5.32 Å². The van der Waals surface area contributed by atoms with Crippen LogP contribution in [-0.2, 0) is 31.2 Å². The van der Waals surface area contributed by atoms with Crippen molar-refractivity contribution >= 4 is 21.7 Å². The minimum Gasteiger partial charge on any atom is -0.310 e. The normalized spacial score (nSPS) is 13.4. The molecule has 0 unspecified atom stereocenters. The molecule has 0 saturated heterocycles. The molecule has 7 nitrogen and oxygen atoms in total. The number of rotatable bonds is 7. The van der Waals surface area contributed by atoms with Gasteiger partial charge in [0.25, 0.3) is 0 Å². The van der Waals surface area contributed by atoms with Crippen molar-refractivity contribution in [1.29, 1.82) is 0 Å². The summed E-state index contributed by atoms with van der Waals surface area (Å²) in [5.74, 6) is 0.167. The molecular weight excluding hydrogens is 448 g/mol. The molecular formula is C26H42N4O3S. The highest BCUT2D eigenvalue weighted by Crippen LogP contribution is 2.29. The van der Waals surface area contributed by atoms with Crippen molar-refractivity contribution in [3.05, 3.63) is 41.6 Å². The van der Waals surface area contributed by atoms with E-state index < -0.39 is 15.9 Å².